The third kappa shape index (κ3) is 0.934. The number of hydrogen-bond donors (Lipinski definition) is 2. The molecule has 0 spiro atoms. The molecule has 0 bridgehead atoms. The van der Waals surface area contributed by atoms with Crippen molar-refractivity contribution < 1.29 is 14.9 Å². The smallest absolute Gasteiger partial charge is 0.0748 e. The molecule has 1 atom stereocenters. The molecule has 0 radical (unpaired) electrons. The van der Waals surface area contributed by atoms with Gasteiger partial charge in [-0.1, -0.05) is 0 Å². The van der Waals surface area contributed by atoms with E-state index in [1.807, 2.05) is 0 Å². The minimum atomic E-state index is -0.627. The molecule has 0 aromatic carbocycles. The zero-order valence-corrected chi connectivity index (χ0v) is 7.25. The van der Waals surface area contributed by atoms with Gasteiger partial charge in [-0.05, 0) is 25.7 Å². The molecule has 0 aromatic rings. The summed E-state index contributed by atoms with van der Waals surface area (Å²) in [6.07, 6.45) is 3.55. The van der Waals surface area contributed by atoms with Crippen molar-refractivity contribution in [2.75, 3.05) is 19.8 Å². The van der Waals surface area contributed by atoms with Crippen molar-refractivity contribution in [2.45, 2.75) is 31.3 Å². The second-order valence-electron chi connectivity index (χ2n) is 4.13. The summed E-state index contributed by atoms with van der Waals surface area (Å²) < 4.78 is 5.25. The van der Waals surface area contributed by atoms with Gasteiger partial charge in [0.05, 0.1) is 18.8 Å². The highest BCUT2D eigenvalue weighted by molar-refractivity contribution is 5.05. The van der Waals surface area contributed by atoms with Gasteiger partial charge in [0.2, 0.25) is 0 Å². The summed E-state index contributed by atoms with van der Waals surface area (Å²) in [5.74, 6) is 0. The predicted octanol–water partition coefficient (Wildman–Crippen LogP) is 0.300. The number of hydrogen-bond acceptors (Lipinski definition) is 3. The van der Waals surface area contributed by atoms with Crippen LogP contribution >= 0.6 is 0 Å². The van der Waals surface area contributed by atoms with Crippen molar-refractivity contribution in [1.82, 2.24) is 0 Å². The van der Waals surface area contributed by atoms with Crippen LogP contribution in [0.2, 0.25) is 0 Å². The summed E-state index contributed by atoms with van der Waals surface area (Å²) in [6, 6.07) is 0. The Morgan fingerprint density at radius 3 is 2.33 bits per heavy atom. The predicted molar refractivity (Wildman–Crippen MR) is 43.8 cm³/mol. The fraction of sp³-hybridized carbons (Fsp3) is 1.00. The highest BCUT2D eigenvalue weighted by atomic mass is 16.5. The summed E-state index contributed by atoms with van der Waals surface area (Å²) in [7, 11) is 0. The number of aliphatic hydroxyl groups excluding tert-OH is 1. The molecule has 2 rings (SSSR count). The van der Waals surface area contributed by atoms with Gasteiger partial charge in [0.25, 0.3) is 0 Å². The average molecular weight is 172 g/mol. The summed E-state index contributed by atoms with van der Waals surface area (Å²) >= 11 is 0. The molecule has 3 heteroatoms. The molecule has 1 aliphatic heterocycles. The van der Waals surface area contributed by atoms with E-state index in [4.69, 9.17) is 4.74 Å². The summed E-state index contributed by atoms with van der Waals surface area (Å²) in [6.45, 7) is 1.27. The molecular formula is C9H16O3. The molecule has 1 heterocycles. The van der Waals surface area contributed by atoms with Gasteiger partial charge in [-0.25, -0.2) is 0 Å². The number of ether oxygens (including phenoxy) is 1. The lowest BCUT2D eigenvalue weighted by Crippen LogP contribution is -2.55. The Labute approximate surface area is 72.3 Å². The average Bonchev–Trinajstić information content (AvgIpc) is 2.49. The molecule has 1 unspecified atom stereocenters. The molecule has 0 aromatic heterocycles. The van der Waals surface area contributed by atoms with Crippen LogP contribution in [-0.4, -0.2) is 35.6 Å². The highest BCUT2D eigenvalue weighted by Crippen LogP contribution is 2.50. The molecule has 2 aliphatic rings. The van der Waals surface area contributed by atoms with Crippen LogP contribution in [0.3, 0.4) is 0 Å². The van der Waals surface area contributed by atoms with Crippen molar-refractivity contribution in [3.63, 3.8) is 0 Å². The van der Waals surface area contributed by atoms with Crippen molar-refractivity contribution in [1.29, 1.82) is 0 Å². The molecule has 1 saturated heterocycles. The normalized spacial score (nSPS) is 39.5. The first-order valence-electron chi connectivity index (χ1n) is 4.63. The highest BCUT2D eigenvalue weighted by Gasteiger charge is 2.55. The zero-order valence-electron chi connectivity index (χ0n) is 7.25. The largest absolute Gasteiger partial charge is 0.396 e. The van der Waals surface area contributed by atoms with Crippen molar-refractivity contribution in [2.24, 2.45) is 5.41 Å². The first kappa shape index (κ1) is 8.48. The van der Waals surface area contributed by atoms with Crippen LogP contribution in [0.5, 0.6) is 0 Å². The van der Waals surface area contributed by atoms with Crippen molar-refractivity contribution in [3.05, 3.63) is 0 Å². The van der Waals surface area contributed by atoms with Crippen LogP contribution < -0.4 is 0 Å². The molecule has 2 fully saturated rings. The number of aliphatic hydroxyl groups is 2. The molecule has 2 N–H and O–H groups in total. The van der Waals surface area contributed by atoms with E-state index in [2.05, 4.69) is 0 Å². The Hall–Kier alpha value is -0.120. The lowest BCUT2D eigenvalue weighted by molar-refractivity contribution is -0.157. The van der Waals surface area contributed by atoms with E-state index >= 15 is 0 Å². The van der Waals surface area contributed by atoms with E-state index in [9.17, 15) is 10.2 Å². The van der Waals surface area contributed by atoms with E-state index in [0.29, 0.717) is 13.2 Å². The first-order chi connectivity index (χ1) is 5.72. The molecule has 1 saturated carbocycles. The van der Waals surface area contributed by atoms with E-state index < -0.39 is 5.60 Å². The topological polar surface area (TPSA) is 49.7 Å². The Kier molecular flexibility index (Phi) is 1.90. The van der Waals surface area contributed by atoms with E-state index in [1.165, 1.54) is 0 Å². The summed E-state index contributed by atoms with van der Waals surface area (Å²) in [5, 5.41) is 19.4. The van der Waals surface area contributed by atoms with Gasteiger partial charge in [-0.2, -0.15) is 0 Å². The van der Waals surface area contributed by atoms with Crippen LogP contribution in [0.1, 0.15) is 25.7 Å². The first-order valence-corrected chi connectivity index (χ1v) is 4.63. The lowest BCUT2D eigenvalue weighted by atomic mass is 9.61. The van der Waals surface area contributed by atoms with Crippen LogP contribution in [0, 0.1) is 5.41 Å². The third-order valence-corrected chi connectivity index (χ3v) is 3.57. The monoisotopic (exact) mass is 172 g/mol. The Morgan fingerprint density at radius 1 is 1.25 bits per heavy atom. The van der Waals surface area contributed by atoms with Crippen LogP contribution in [0.4, 0.5) is 0 Å². The van der Waals surface area contributed by atoms with E-state index in [-0.39, 0.29) is 12.0 Å². The standard InChI is InChI=1S/C9H16O3/c10-6-8(4-5-12-7-8)9(11)2-1-3-9/h10-11H,1-7H2. The van der Waals surface area contributed by atoms with Crippen molar-refractivity contribution >= 4 is 0 Å². The van der Waals surface area contributed by atoms with Crippen LogP contribution in [0.15, 0.2) is 0 Å². The maximum atomic E-state index is 10.1. The molecule has 70 valence electrons. The SMILES string of the molecule is OCC1(C2(O)CCC2)CCOC1. The minimum absolute atomic E-state index is 0.0590. The fourth-order valence-corrected chi connectivity index (χ4v) is 2.29. The molecule has 3 nitrogen and oxygen atoms in total. The van der Waals surface area contributed by atoms with E-state index in [1.54, 1.807) is 0 Å². The summed E-state index contributed by atoms with van der Waals surface area (Å²) in [5.41, 5.74) is -0.969. The molecule has 12 heavy (non-hydrogen) atoms. The Balaban J connectivity index is 2.15. The Morgan fingerprint density at radius 2 is 2.00 bits per heavy atom. The van der Waals surface area contributed by atoms with E-state index in [0.717, 1.165) is 25.7 Å². The quantitative estimate of drug-likeness (QED) is 0.630. The lowest BCUT2D eigenvalue weighted by Gasteiger charge is -2.49. The molecular weight excluding hydrogens is 156 g/mol. The number of rotatable bonds is 2. The molecule has 0 amide bonds. The second-order valence-corrected chi connectivity index (χ2v) is 4.13. The van der Waals surface area contributed by atoms with Gasteiger partial charge in [0, 0.05) is 12.0 Å². The fourth-order valence-electron chi connectivity index (χ4n) is 2.29. The van der Waals surface area contributed by atoms with Crippen LogP contribution in [0.25, 0.3) is 0 Å². The maximum Gasteiger partial charge on any atom is 0.0748 e. The zero-order chi connectivity index (χ0) is 8.66. The van der Waals surface area contributed by atoms with Crippen LogP contribution in [-0.2, 0) is 4.74 Å². The van der Waals surface area contributed by atoms with Crippen molar-refractivity contribution in [3.8, 4) is 0 Å². The van der Waals surface area contributed by atoms with Gasteiger partial charge in [-0.3, -0.25) is 0 Å². The van der Waals surface area contributed by atoms with Gasteiger partial charge < -0.3 is 14.9 Å². The molecule has 1 aliphatic carbocycles. The van der Waals surface area contributed by atoms with Gasteiger partial charge in [0.1, 0.15) is 0 Å². The van der Waals surface area contributed by atoms with Gasteiger partial charge >= 0.3 is 0 Å². The maximum absolute atomic E-state index is 10.1. The minimum Gasteiger partial charge on any atom is -0.396 e. The summed E-state index contributed by atoms with van der Waals surface area (Å²) in [4.78, 5) is 0. The third-order valence-electron chi connectivity index (χ3n) is 3.57. The Bertz CT molecular complexity index is 169. The second kappa shape index (κ2) is 2.69. The van der Waals surface area contributed by atoms with Gasteiger partial charge in [-0.15, -0.1) is 0 Å². The van der Waals surface area contributed by atoms with Gasteiger partial charge in [0.15, 0.2) is 0 Å².